The van der Waals surface area contributed by atoms with Crippen molar-refractivity contribution in [3.8, 4) is 0 Å². The van der Waals surface area contributed by atoms with Gasteiger partial charge in [0.1, 0.15) is 5.69 Å². The van der Waals surface area contributed by atoms with Crippen LogP contribution in [0.3, 0.4) is 0 Å². The fraction of sp³-hybridized carbons (Fsp3) is 0.0769. The number of nitrogens with zero attached hydrogens (tertiary/aromatic N) is 2. The number of halogens is 1. The minimum atomic E-state index is 0.0328. The van der Waals surface area contributed by atoms with Gasteiger partial charge in [-0.05, 0) is 29.8 Å². The lowest BCUT2D eigenvalue weighted by molar-refractivity contribution is 0.318. The molecule has 1 heterocycles. The van der Waals surface area contributed by atoms with Gasteiger partial charge < -0.3 is 10.9 Å². The van der Waals surface area contributed by atoms with E-state index in [0.29, 0.717) is 11.4 Å². The van der Waals surface area contributed by atoms with Crippen LogP contribution in [-0.4, -0.2) is 16.0 Å². The Morgan fingerprint density at radius 3 is 2.95 bits per heavy atom. The lowest BCUT2D eigenvalue weighted by Gasteiger charge is -2.07. The number of amidine groups is 1. The zero-order valence-electron chi connectivity index (χ0n) is 9.95. The Balaban J connectivity index is 2.16. The van der Waals surface area contributed by atoms with E-state index in [1.165, 1.54) is 0 Å². The van der Waals surface area contributed by atoms with Crippen LogP contribution in [-0.2, 0) is 5.75 Å². The standard InChI is InChI=1S/C13H12BrN3OS/c14-10-4-1-5-11(7-10)19-8-9-3-2-6-16-12(9)13(15)17-18/h1-7,18H,8H2,(H2,15,17). The van der Waals surface area contributed by atoms with Gasteiger partial charge in [0.2, 0.25) is 0 Å². The van der Waals surface area contributed by atoms with Gasteiger partial charge in [0.05, 0.1) is 0 Å². The normalized spacial score (nSPS) is 11.5. The highest BCUT2D eigenvalue weighted by atomic mass is 79.9. The van der Waals surface area contributed by atoms with Gasteiger partial charge in [-0.25, -0.2) is 0 Å². The molecule has 19 heavy (non-hydrogen) atoms. The molecule has 0 amide bonds. The summed E-state index contributed by atoms with van der Waals surface area (Å²) in [5.74, 6) is 0.737. The molecule has 0 aliphatic carbocycles. The maximum Gasteiger partial charge on any atom is 0.189 e. The van der Waals surface area contributed by atoms with E-state index in [2.05, 4.69) is 26.1 Å². The minimum absolute atomic E-state index is 0.0328. The van der Waals surface area contributed by atoms with Crippen molar-refractivity contribution in [2.45, 2.75) is 10.6 Å². The quantitative estimate of drug-likeness (QED) is 0.295. The van der Waals surface area contributed by atoms with Gasteiger partial charge >= 0.3 is 0 Å². The number of oxime groups is 1. The lowest BCUT2D eigenvalue weighted by atomic mass is 10.2. The number of pyridine rings is 1. The van der Waals surface area contributed by atoms with Gasteiger partial charge in [0.25, 0.3) is 0 Å². The molecule has 4 nitrogen and oxygen atoms in total. The van der Waals surface area contributed by atoms with Crippen LogP contribution in [0.1, 0.15) is 11.3 Å². The van der Waals surface area contributed by atoms with E-state index in [1.54, 1.807) is 18.0 Å². The van der Waals surface area contributed by atoms with Gasteiger partial charge in [-0.2, -0.15) is 0 Å². The van der Waals surface area contributed by atoms with Crippen molar-refractivity contribution < 1.29 is 5.21 Å². The largest absolute Gasteiger partial charge is 0.409 e. The molecular weight excluding hydrogens is 326 g/mol. The van der Waals surface area contributed by atoms with E-state index in [1.807, 2.05) is 36.4 Å². The number of nitrogens with two attached hydrogens (primary N) is 1. The van der Waals surface area contributed by atoms with Crippen LogP contribution in [0, 0.1) is 0 Å². The van der Waals surface area contributed by atoms with Crippen LogP contribution >= 0.6 is 27.7 Å². The highest BCUT2D eigenvalue weighted by molar-refractivity contribution is 9.10. The number of hydrogen-bond donors (Lipinski definition) is 2. The minimum Gasteiger partial charge on any atom is -0.409 e. The molecule has 0 aliphatic rings. The van der Waals surface area contributed by atoms with Gasteiger partial charge in [0, 0.05) is 21.3 Å². The molecule has 0 radical (unpaired) electrons. The molecule has 0 spiro atoms. The Kier molecular flexibility index (Phi) is 4.81. The third-order valence-electron chi connectivity index (χ3n) is 2.43. The first-order valence-electron chi connectivity index (χ1n) is 5.51. The second kappa shape index (κ2) is 6.58. The molecule has 0 unspecified atom stereocenters. The van der Waals surface area contributed by atoms with Gasteiger partial charge in [-0.1, -0.05) is 33.2 Å². The van der Waals surface area contributed by atoms with Crippen molar-refractivity contribution in [2.24, 2.45) is 10.9 Å². The number of rotatable bonds is 4. The van der Waals surface area contributed by atoms with Crippen molar-refractivity contribution in [3.05, 3.63) is 58.3 Å². The van der Waals surface area contributed by atoms with E-state index in [-0.39, 0.29) is 5.84 Å². The van der Waals surface area contributed by atoms with Gasteiger partial charge in [0.15, 0.2) is 5.84 Å². The smallest absolute Gasteiger partial charge is 0.189 e. The average molecular weight is 338 g/mol. The van der Waals surface area contributed by atoms with E-state index < -0.39 is 0 Å². The summed E-state index contributed by atoms with van der Waals surface area (Å²) in [4.78, 5) is 5.28. The summed E-state index contributed by atoms with van der Waals surface area (Å²) in [7, 11) is 0. The van der Waals surface area contributed by atoms with Crippen LogP contribution in [0.5, 0.6) is 0 Å². The number of aromatic nitrogens is 1. The first kappa shape index (κ1) is 13.9. The maximum atomic E-state index is 8.74. The summed E-state index contributed by atoms with van der Waals surface area (Å²) in [6.07, 6.45) is 1.63. The highest BCUT2D eigenvalue weighted by Crippen LogP contribution is 2.26. The van der Waals surface area contributed by atoms with Crippen LogP contribution in [0.4, 0.5) is 0 Å². The van der Waals surface area contributed by atoms with E-state index in [0.717, 1.165) is 14.9 Å². The SMILES string of the molecule is N/C(=N/O)c1ncccc1CSc1cccc(Br)c1. The molecule has 0 atom stereocenters. The fourth-order valence-corrected chi connectivity index (χ4v) is 3.04. The van der Waals surface area contributed by atoms with Crippen LogP contribution < -0.4 is 5.73 Å². The molecule has 98 valence electrons. The number of hydrogen-bond acceptors (Lipinski definition) is 4. The topological polar surface area (TPSA) is 71.5 Å². The van der Waals surface area contributed by atoms with E-state index >= 15 is 0 Å². The van der Waals surface area contributed by atoms with E-state index in [9.17, 15) is 0 Å². The Labute approximate surface area is 123 Å². The molecule has 2 aromatic rings. The Bertz CT molecular complexity index is 604. The van der Waals surface area contributed by atoms with Crippen LogP contribution in [0.15, 0.2) is 57.1 Å². The van der Waals surface area contributed by atoms with Crippen LogP contribution in [0.25, 0.3) is 0 Å². The summed E-state index contributed by atoms with van der Waals surface area (Å²) in [5, 5.41) is 11.7. The molecule has 0 bridgehead atoms. The van der Waals surface area contributed by atoms with Crippen molar-refractivity contribution in [2.75, 3.05) is 0 Å². The third kappa shape index (κ3) is 3.71. The zero-order chi connectivity index (χ0) is 13.7. The second-order valence-corrected chi connectivity index (χ2v) is 5.71. The molecule has 2 rings (SSSR count). The molecule has 1 aromatic heterocycles. The monoisotopic (exact) mass is 337 g/mol. The Hall–Kier alpha value is -1.53. The lowest BCUT2D eigenvalue weighted by Crippen LogP contribution is -2.17. The predicted octanol–water partition coefficient (Wildman–Crippen LogP) is 3.23. The summed E-state index contributed by atoms with van der Waals surface area (Å²) in [5.41, 5.74) is 7.06. The first-order chi connectivity index (χ1) is 9.20. The van der Waals surface area contributed by atoms with Crippen molar-refractivity contribution in [1.29, 1.82) is 0 Å². The summed E-state index contributed by atoms with van der Waals surface area (Å²) in [6, 6.07) is 11.8. The number of benzene rings is 1. The average Bonchev–Trinajstić information content (AvgIpc) is 2.45. The maximum absolute atomic E-state index is 8.74. The van der Waals surface area contributed by atoms with E-state index in [4.69, 9.17) is 10.9 Å². The third-order valence-corrected chi connectivity index (χ3v) is 3.97. The molecule has 0 saturated heterocycles. The molecule has 3 N–H and O–H groups in total. The molecule has 1 aromatic carbocycles. The predicted molar refractivity (Wildman–Crippen MR) is 80.5 cm³/mol. The Morgan fingerprint density at radius 2 is 2.21 bits per heavy atom. The molecule has 0 saturated carbocycles. The van der Waals surface area contributed by atoms with Gasteiger partial charge in [-0.3, -0.25) is 4.98 Å². The second-order valence-electron chi connectivity index (χ2n) is 3.74. The summed E-state index contributed by atoms with van der Waals surface area (Å²) in [6.45, 7) is 0. The summed E-state index contributed by atoms with van der Waals surface area (Å²) >= 11 is 5.11. The fourth-order valence-electron chi connectivity index (χ4n) is 1.55. The van der Waals surface area contributed by atoms with Crippen molar-refractivity contribution in [3.63, 3.8) is 0 Å². The van der Waals surface area contributed by atoms with Crippen LogP contribution in [0.2, 0.25) is 0 Å². The summed E-state index contributed by atoms with van der Waals surface area (Å²) < 4.78 is 1.04. The first-order valence-corrected chi connectivity index (χ1v) is 7.28. The van der Waals surface area contributed by atoms with Crippen molar-refractivity contribution >= 4 is 33.5 Å². The molecule has 0 fully saturated rings. The number of thioether (sulfide) groups is 1. The molecule has 0 aliphatic heterocycles. The van der Waals surface area contributed by atoms with Crippen molar-refractivity contribution in [1.82, 2.24) is 4.98 Å². The molecule has 6 heteroatoms. The highest BCUT2D eigenvalue weighted by Gasteiger charge is 2.08. The molecular formula is C13H12BrN3OS. The zero-order valence-corrected chi connectivity index (χ0v) is 12.4. The van der Waals surface area contributed by atoms with Gasteiger partial charge in [-0.15, -0.1) is 11.8 Å². The Morgan fingerprint density at radius 1 is 1.37 bits per heavy atom.